The van der Waals surface area contributed by atoms with Crippen LogP contribution in [0.25, 0.3) is 0 Å². The molecule has 1 N–H and O–H groups in total. The van der Waals surface area contributed by atoms with E-state index in [1.54, 1.807) is 38.7 Å². The molecule has 118 valence electrons. The molecule has 0 aliphatic heterocycles. The van der Waals surface area contributed by atoms with Crippen molar-refractivity contribution in [2.24, 2.45) is 0 Å². The second-order valence-electron chi connectivity index (χ2n) is 4.43. The lowest BCUT2D eigenvalue weighted by Crippen LogP contribution is -2.25. The van der Waals surface area contributed by atoms with E-state index in [9.17, 15) is 4.79 Å². The molecule has 0 fully saturated rings. The van der Waals surface area contributed by atoms with Crippen molar-refractivity contribution < 1.29 is 14.3 Å². The summed E-state index contributed by atoms with van der Waals surface area (Å²) in [5.41, 5.74) is 1.54. The van der Waals surface area contributed by atoms with Crippen molar-refractivity contribution in [3.05, 3.63) is 53.9 Å². The third-order valence-electron chi connectivity index (χ3n) is 3.09. The summed E-state index contributed by atoms with van der Waals surface area (Å²) in [5.74, 6) is 1.42. The van der Waals surface area contributed by atoms with Gasteiger partial charge in [0, 0.05) is 18.9 Å². The number of carbonyl (C=O) groups excluding carboxylic acids is 1. The van der Waals surface area contributed by atoms with E-state index in [1.165, 1.54) is 0 Å². The van der Waals surface area contributed by atoms with Crippen molar-refractivity contribution in [3.8, 4) is 11.5 Å². The smallest absolute Gasteiger partial charge is 0.252 e. The topological polar surface area (TPSA) is 60.5 Å². The van der Waals surface area contributed by atoms with Crippen molar-refractivity contribution >= 4 is 18.3 Å². The molecule has 22 heavy (non-hydrogen) atoms. The highest BCUT2D eigenvalue weighted by molar-refractivity contribution is 5.93. The minimum absolute atomic E-state index is 0. The molecular formula is C16H19ClN2O3. The number of nitrogens with zero attached hydrogens (tertiary/aromatic N) is 1. The van der Waals surface area contributed by atoms with Gasteiger partial charge in [0.05, 0.1) is 19.8 Å². The quantitative estimate of drug-likeness (QED) is 0.887. The number of hydrogen-bond acceptors (Lipinski definition) is 4. The summed E-state index contributed by atoms with van der Waals surface area (Å²) in [6, 6.07) is 9.08. The molecule has 0 spiro atoms. The highest BCUT2D eigenvalue weighted by Gasteiger charge is 2.07. The fourth-order valence-electron chi connectivity index (χ4n) is 1.99. The number of nitrogens with one attached hydrogen (secondary N) is 1. The Bertz CT molecular complexity index is 606. The Morgan fingerprint density at radius 3 is 2.68 bits per heavy atom. The monoisotopic (exact) mass is 322 g/mol. The van der Waals surface area contributed by atoms with E-state index in [0.717, 1.165) is 17.1 Å². The lowest BCUT2D eigenvalue weighted by molar-refractivity contribution is 0.0953. The number of benzene rings is 1. The summed E-state index contributed by atoms with van der Waals surface area (Å²) < 4.78 is 10.5. The second-order valence-corrected chi connectivity index (χ2v) is 4.43. The Balaban J connectivity index is 0.00000242. The van der Waals surface area contributed by atoms with Crippen molar-refractivity contribution in [3.63, 3.8) is 0 Å². The van der Waals surface area contributed by atoms with E-state index in [0.29, 0.717) is 18.5 Å². The fraction of sp³-hybridized carbons (Fsp3) is 0.250. The van der Waals surface area contributed by atoms with Crippen LogP contribution in [0.5, 0.6) is 11.5 Å². The average molecular weight is 323 g/mol. The van der Waals surface area contributed by atoms with Crippen LogP contribution < -0.4 is 14.8 Å². The third-order valence-corrected chi connectivity index (χ3v) is 3.09. The van der Waals surface area contributed by atoms with E-state index in [4.69, 9.17) is 9.47 Å². The van der Waals surface area contributed by atoms with Gasteiger partial charge in [-0.1, -0.05) is 0 Å². The molecule has 0 saturated carbocycles. The van der Waals surface area contributed by atoms with Gasteiger partial charge in [-0.05, 0) is 42.3 Å². The maximum atomic E-state index is 11.9. The number of aromatic nitrogens is 1. The van der Waals surface area contributed by atoms with Gasteiger partial charge in [0.15, 0.2) is 0 Å². The largest absolute Gasteiger partial charge is 0.497 e. The van der Waals surface area contributed by atoms with Gasteiger partial charge in [-0.25, -0.2) is 0 Å². The van der Waals surface area contributed by atoms with E-state index in [2.05, 4.69) is 10.3 Å². The fourth-order valence-corrected chi connectivity index (χ4v) is 1.99. The Labute approximate surface area is 136 Å². The Kier molecular flexibility index (Phi) is 7.19. The zero-order valence-corrected chi connectivity index (χ0v) is 13.4. The summed E-state index contributed by atoms with van der Waals surface area (Å²) in [6.07, 6.45) is 3.84. The predicted octanol–water partition coefficient (Wildman–Crippen LogP) is 2.49. The molecule has 2 rings (SSSR count). The number of hydrogen-bond donors (Lipinski definition) is 1. The van der Waals surface area contributed by atoms with Crippen molar-refractivity contribution in [1.82, 2.24) is 10.3 Å². The first-order valence-corrected chi connectivity index (χ1v) is 6.63. The maximum Gasteiger partial charge on any atom is 0.252 e. The van der Waals surface area contributed by atoms with Gasteiger partial charge < -0.3 is 14.8 Å². The van der Waals surface area contributed by atoms with E-state index < -0.39 is 0 Å². The zero-order chi connectivity index (χ0) is 15.1. The number of rotatable bonds is 6. The van der Waals surface area contributed by atoms with Crippen molar-refractivity contribution in [1.29, 1.82) is 0 Å². The minimum Gasteiger partial charge on any atom is -0.497 e. The number of methoxy groups -OCH3 is 2. The molecule has 0 unspecified atom stereocenters. The molecule has 1 heterocycles. The Morgan fingerprint density at radius 1 is 1.23 bits per heavy atom. The molecule has 0 radical (unpaired) electrons. The van der Waals surface area contributed by atoms with Gasteiger partial charge in [-0.15, -0.1) is 12.4 Å². The van der Waals surface area contributed by atoms with E-state index in [1.807, 2.05) is 18.2 Å². The number of pyridine rings is 1. The van der Waals surface area contributed by atoms with Crippen LogP contribution in [0.15, 0.2) is 42.7 Å². The molecule has 0 atom stereocenters. The lowest BCUT2D eigenvalue weighted by atomic mass is 10.1. The van der Waals surface area contributed by atoms with Crippen LogP contribution in [-0.2, 0) is 6.42 Å². The van der Waals surface area contributed by atoms with Crippen LogP contribution in [0.4, 0.5) is 0 Å². The number of ether oxygens (including phenoxy) is 2. The predicted molar refractivity (Wildman–Crippen MR) is 87.1 cm³/mol. The Hall–Kier alpha value is -2.27. The summed E-state index contributed by atoms with van der Waals surface area (Å²) in [5, 5.41) is 2.86. The molecule has 0 bridgehead atoms. The molecule has 5 nitrogen and oxygen atoms in total. The van der Waals surface area contributed by atoms with Crippen LogP contribution in [0.3, 0.4) is 0 Å². The first-order chi connectivity index (χ1) is 10.2. The van der Waals surface area contributed by atoms with Crippen LogP contribution in [0.2, 0.25) is 0 Å². The molecule has 0 saturated heterocycles. The van der Waals surface area contributed by atoms with Crippen LogP contribution in [0.1, 0.15) is 15.9 Å². The maximum absolute atomic E-state index is 11.9. The summed E-state index contributed by atoms with van der Waals surface area (Å²) in [7, 11) is 3.25. The molecule has 0 aliphatic carbocycles. The van der Waals surface area contributed by atoms with Gasteiger partial charge in [0.25, 0.3) is 5.91 Å². The zero-order valence-electron chi connectivity index (χ0n) is 12.5. The summed E-state index contributed by atoms with van der Waals surface area (Å²) >= 11 is 0. The minimum atomic E-state index is -0.134. The summed E-state index contributed by atoms with van der Waals surface area (Å²) in [6.45, 7) is 0.511. The lowest BCUT2D eigenvalue weighted by Gasteiger charge is -2.11. The van der Waals surface area contributed by atoms with Gasteiger partial charge in [0.1, 0.15) is 11.5 Å². The first-order valence-electron chi connectivity index (χ1n) is 6.63. The van der Waals surface area contributed by atoms with Gasteiger partial charge in [-0.2, -0.15) is 0 Å². The number of halogens is 1. The third kappa shape index (κ3) is 4.63. The summed E-state index contributed by atoms with van der Waals surface area (Å²) in [4.78, 5) is 15.8. The molecular weight excluding hydrogens is 304 g/mol. The molecule has 0 aliphatic rings. The Morgan fingerprint density at radius 2 is 2.05 bits per heavy atom. The van der Waals surface area contributed by atoms with Gasteiger partial charge in [-0.3, -0.25) is 9.78 Å². The molecule has 1 amide bonds. The highest BCUT2D eigenvalue weighted by Crippen LogP contribution is 2.24. The second kappa shape index (κ2) is 8.89. The van der Waals surface area contributed by atoms with Gasteiger partial charge >= 0.3 is 0 Å². The van der Waals surface area contributed by atoms with Crippen molar-refractivity contribution in [2.45, 2.75) is 6.42 Å². The standard InChI is InChI=1S/C16H18N2O3.ClH/c1-20-14-5-6-15(21-2)12(10-14)7-9-18-16(19)13-4-3-8-17-11-13;/h3-6,8,10-11H,7,9H2,1-2H3,(H,18,19);1H. The van der Waals surface area contributed by atoms with Crippen LogP contribution in [0, 0.1) is 0 Å². The van der Waals surface area contributed by atoms with Gasteiger partial charge in [0.2, 0.25) is 0 Å². The molecule has 1 aromatic carbocycles. The van der Waals surface area contributed by atoms with Crippen LogP contribution >= 0.6 is 12.4 Å². The highest BCUT2D eigenvalue weighted by atomic mass is 35.5. The number of amides is 1. The first kappa shape index (κ1) is 17.8. The average Bonchev–Trinajstić information content (AvgIpc) is 2.55. The van der Waals surface area contributed by atoms with Crippen LogP contribution in [-0.4, -0.2) is 31.7 Å². The number of carbonyl (C=O) groups is 1. The normalized spacial score (nSPS) is 9.55. The molecule has 2 aromatic rings. The molecule has 1 aromatic heterocycles. The van der Waals surface area contributed by atoms with E-state index >= 15 is 0 Å². The SMILES string of the molecule is COc1ccc(OC)c(CCNC(=O)c2cccnc2)c1.Cl. The van der Waals surface area contributed by atoms with Crippen molar-refractivity contribution in [2.75, 3.05) is 20.8 Å². The van der Waals surface area contributed by atoms with E-state index in [-0.39, 0.29) is 18.3 Å². The molecule has 6 heteroatoms.